The van der Waals surface area contributed by atoms with Crippen molar-refractivity contribution in [1.82, 2.24) is 0 Å². The molecule has 0 bridgehead atoms. The van der Waals surface area contributed by atoms with Gasteiger partial charge in [0, 0.05) is 0 Å². The lowest BCUT2D eigenvalue weighted by atomic mass is 9.91. The average Bonchev–Trinajstić information content (AvgIpc) is 1.95. The molecule has 0 aromatic rings. The first-order valence-electron chi connectivity index (χ1n) is 4.57. The molecule has 0 aromatic carbocycles. The van der Waals surface area contributed by atoms with Gasteiger partial charge in [0.25, 0.3) is 0 Å². The van der Waals surface area contributed by atoms with Crippen molar-refractivity contribution in [1.29, 1.82) is 0 Å². The van der Waals surface area contributed by atoms with Gasteiger partial charge in [-0.15, -0.1) is 0 Å². The summed E-state index contributed by atoms with van der Waals surface area (Å²) in [4.78, 5) is 0. The van der Waals surface area contributed by atoms with Crippen LogP contribution in [-0.4, -0.2) is 17.5 Å². The highest BCUT2D eigenvalue weighted by Gasteiger charge is 2.25. The van der Waals surface area contributed by atoms with E-state index in [9.17, 15) is 0 Å². The summed E-state index contributed by atoms with van der Waals surface area (Å²) in [6.07, 6.45) is 4.13. The van der Waals surface area contributed by atoms with Gasteiger partial charge in [-0.25, -0.2) is 0 Å². The van der Waals surface area contributed by atoms with E-state index in [2.05, 4.69) is 13.8 Å². The van der Waals surface area contributed by atoms with Crippen LogP contribution in [0.25, 0.3) is 0 Å². The molecule has 1 rings (SSSR count). The molecule has 1 N–H and O–H groups in total. The first kappa shape index (κ1) is 9.01. The molecule has 2 nitrogen and oxygen atoms in total. The maximum absolute atomic E-state index is 9.14. The Kier molecular flexibility index (Phi) is 3.34. The molecule has 1 heterocycles. The smallest absolute Gasteiger partial charge is 0.154 e. The van der Waals surface area contributed by atoms with Crippen LogP contribution in [0.5, 0.6) is 0 Å². The van der Waals surface area contributed by atoms with Gasteiger partial charge >= 0.3 is 0 Å². The van der Waals surface area contributed by atoms with Gasteiger partial charge in [-0.3, -0.25) is 0 Å². The molecule has 1 fully saturated rings. The number of aliphatic hydroxyl groups excluding tert-OH is 1. The van der Waals surface area contributed by atoms with Gasteiger partial charge in [0.2, 0.25) is 0 Å². The normalized spacial score (nSPS) is 39.0. The Balaban J connectivity index is 2.31. The van der Waals surface area contributed by atoms with Crippen LogP contribution in [-0.2, 0) is 4.74 Å². The fourth-order valence-corrected chi connectivity index (χ4v) is 1.77. The first-order chi connectivity index (χ1) is 5.24. The Hall–Kier alpha value is -0.0800. The van der Waals surface area contributed by atoms with E-state index in [0.717, 1.165) is 12.8 Å². The minimum absolute atomic E-state index is 0.249. The SMILES string of the molecule is CCC[C@@H]1CC[C@@H](O)OC1C. The third-order valence-electron chi connectivity index (χ3n) is 2.48. The fourth-order valence-electron chi connectivity index (χ4n) is 1.77. The molecular weight excluding hydrogens is 140 g/mol. The molecule has 2 heteroatoms. The zero-order valence-corrected chi connectivity index (χ0v) is 7.42. The summed E-state index contributed by atoms with van der Waals surface area (Å²) in [6, 6.07) is 0. The predicted molar refractivity (Wildman–Crippen MR) is 44.2 cm³/mol. The molecule has 0 spiro atoms. The second-order valence-corrected chi connectivity index (χ2v) is 3.42. The Morgan fingerprint density at radius 1 is 1.45 bits per heavy atom. The van der Waals surface area contributed by atoms with E-state index in [1.54, 1.807) is 0 Å². The zero-order chi connectivity index (χ0) is 8.27. The molecule has 0 aliphatic carbocycles. The van der Waals surface area contributed by atoms with Crippen molar-refractivity contribution in [2.75, 3.05) is 0 Å². The van der Waals surface area contributed by atoms with E-state index < -0.39 is 6.29 Å². The van der Waals surface area contributed by atoms with Gasteiger partial charge in [-0.05, 0) is 32.1 Å². The Labute approximate surface area is 68.6 Å². The molecule has 1 aliphatic rings. The zero-order valence-electron chi connectivity index (χ0n) is 7.42. The fraction of sp³-hybridized carbons (Fsp3) is 1.00. The van der Waals surface area contributed by atoms with Gasteiger partial charge in [0.15, 0.2) is 6.29 Å². The lowest BCUT2D eigenvalue weighted by molar-refractivity contribution is -0.177. The molecule has 0 aromatic heterocycles. The largest absolute Gasteiger partial charge is 0.368 e. The number of hydrogen-bond donors (Lipinski definition) is 1. The van der Waals surface area contributed by atoms with E-state index in [1.807, 2.05) is 0 Å². The molecular formula is C9H18O2. The summed E-state index contributed by atoms with van der Waals surface area (Å²) in [5.74, 6) is 0.670. The van der Waals surface area contributed by atoms with Crippen LogP contribution in [0.1, 0.15) is 39.5 Å². The van der Waals surface area contributed by atoms with Gasteiger partial charge in [-0.2, -0.15) is 0 Å². The summed E-state index contributed by atoms with van der Waals surface area (Å²) in [5, 5.41) is 9.14. The Morgan fingerprint density at radius 3 is 2.73 bits per heavy atom. The molecule has 0 saturated carbocycles. The van der Waals surface area contributed by atoms with Gasteiger partial charge < -0.3 is 9.84 Å². The second kappa shape index (κ2) is 4.07. The van der Waals surface area contributed by atoms with Crippen molar-refractivity contribution in [2.45, 2.75) is 51.9 Å². The molecule has 1 saturated heterocycles. The molecule has 3 atom stereocenters. The lowest BCUT2D eigenvalue weighted by Gasteiger charge is -2.31. The summed E-state index contributed by atoms with van der Waals surface area (Å²) >= 11 is 0. The monoisotopic (exact) mass is 158 g/mol. The molecule has 66 valence electrons. The minimum atomic E-state index is -0.502. The highest BCUT2D eigenvalue weighted by molar-refractivity contribution is 4.71. The summed E-state index contributed by atoms with van der Waals surface area (Å²) in [7, 11) is 0. The van der Waals surface area contributed by atoms with Crippen LogP contribution in [0, 0.1) is 5.92 Å². The van der Waals surface area contributed by atoms with Crippen LogP contribution in [0.4, 0.5) is 0 Å². The highest BCUT2D eigenvalue weighted by Crippen LogP contribution is 2.27. The van der Waals surface area contributed by atoms with E-state index in [0.29, 0.717) is 5.92 Å². The van der Waals surface area contributed by atoms with Crippen LogP contribution in [0.2, 0.25) is 0 Å². The Bertz CT molecular complexity index is 114. The van der Waals surface area contributed by atoms with Gasteiger partial charge in [0.05, 0.1) is 6.10 Å². The number of ether oxygens (including phenoxy) is 1. The van der Waals surface area contributed by atoms with Crippen molar-refractivity contribution in [3.05, 3.63) is 0 Å². The van der Waals surface area contributed by atoms with Crippen LogP contribution in [0.15, 0.2) is 0 Å². The first-order valence-corrected chi connectivity index (χ1v) is 4.57. The lowest BCUT2D eigenvalue weighted by Crippen LogP contribution is -2.32. The molecule has 1 aliphatic heterocycles. The van der Waals surface area contributed by atoms with Crippen LogP contribution < -0.4 is 0 Å². The molecule has 1 unspecified atom stereocenters. The van der Waals surface area contributed by atoms with E-state index in [4.69, 9.17) is 9.84 Å². The molecule has 0 radical (unpaired) electrons. The second-order valence-electron chi connectivity index (χ2n) is 3.42. The minimum Gasteiger partial charge on any atom is -0.368 e. The van der Waals surface area contributed by atoms with Gasteiger partial charge in [0.1, 0.15) is 0 Å². The van der Waals surface area contributed by atoms with Crippen LogP contribution >= 0.6 is 0 Å². The topological polar surface area (TPSA) is 29.5 Å². The summed E-state index contributed by atoms with van der Waals surface area (Å²) in [5.41, 5.74) is 0. The predicted octanol–water partition coefficient (Wildman–Crippen LogP) is 1.92. The average molecular weight is 158 g/mol. The maximum atomic E-state index is 9.14. The number of rotatable bonds is 2. The summed E-state index contributed by atoms with van der Waals surface area (Å²) in [6.45, 7) is 4.25. The molecule has 0 amide bonds. The van der Waals surface area contributed by atoms with Crippen LogP contribution in [0.3, 0.4) is 0 Å². The van der Waals surface area contributed by atoms with E-state index >= 15 is 0 Å². The van der Waals surface area contributed by atoms with E-state index in [-0.39, 0.29) is 6.10 Å². The number of aliphatic hydroxyl groups is 1. The quantitative estimate of drug-likeness (QED) is 0.665. The highest BCUT2D eigenvalue weighted by atomic mass is 16.6. The van der Waals surface area contributed by atoms with Crippen molar-refractivity contribution < 1.29 is 9.84 Å². The van der Waals surface area contributed by atoms with Crippen molar-refractivity contribution >= 4 is 0 Å². The molecule has 11 heavy (non-hydrogen) atoms. The standard InChI is InChI=1S/C9H18O2/c1-3-4-8-5-6-9(10)11-7(8)2/h7-10H,3-6H2,1-2H3/t7?,8-,9+/m1/s1. The van der Waals surface area contributed by atoms with Crippen molar-refractivity contribution in [3.8, 4) is 0 Å². The van der Waals surface area contributed by atoms with E-state index in [1.165, 1.54) is 12.8 Å². The van der Waals surface area contributed by atoms with Crippen molar-refractivity contribution in [3.63, 3.8) is 0 Å². The third-order valence-corrected chi connectivity index (χ3v) is 2.48. The van der Waals surface area contributed by atoms with Gasteiger partial charge in [-0.1, -0.05) is 13.3 Å². The number of hydrogen-bond acceptors (Lipinski definition) is 2. The maximum Gasteiger partial charge on any atom is 0.154 e. The third kappa shape index (κ3) is 2.46. The summed E-state index contributed by atoms with van der Waals surface area (Å²) < 4.78 is 5.31. The van der Waals surface area contributed by atoms with Crippen molar-refractivity contribution in [2.24, 2.45) is 5.92 Å². The Morgan fingerprint density at radius 2 is 2.18 bits per heavy atom.